The number of ether oxygens (including phenoxy) is 2. The molecule has 2 aromatic carbocycles. The number of rotatable bonds is 9. The van der Waals surface area contributed by atoms with E-state index in [4.69, 9.17) is 9.47 Å². The first-order valence-corrected chi connectivity index (χ1v) is 10.1. The van der Waals surface area contributed by atoms with Crippen LogP contribution in [0.25, 0.3) is 0 Å². The summed E-state index contributed by atoms with van der Waals surface area (Å²) in [5, 5.41) is 3.16. The Hall–Kier alpha value is -2.53. The molecule has 1 fully saturated rings. The second-order valence-corrected chi connectivity index (χ2v) is 7.25. The molecular formula is C23H30N2O3. The highest BCUT2D eigenvalue weighted by molar-refractivity contribution is 5.95. The van der Waals surface area contributed by atoms with Crippen molar-refractivity contribution in [3.05, 3.63) is 59.7 Å². The van der Waals surface area contributed by atoms with E-state index < -0.39 is 0 Å². The first-order valence-electron chi connectivity index (χ1n) is 10.1. The highest BCUT2D eigenvalue weighted by atomic mass is 16.5. The molecule has 28 heavy (non-hydrogen) atoms. The fraction of sp³-hybridized carbons (Fsp3) is 0.435. The van der Waals surface area contributed by atoms with Crippen LogP contribution in [0.15, 0.2) is 48.5 Å². The van der Waals surface area contributed by atoms with Gasteiger partial charge in [0.25, 0.3) is 5.91 Å². The SMILES string of the molecule is CCCCOc1ccc(C(=O)NC2CCN(Cc3ccccc3)C2)cc1OC. The highest BCUT2D eigenvalue weighted by Crippen LogP contribution is 2.28. The van der Waals surface area contributed by atoms with Crippen molar-refractivity contribution in [1.29, 1.82) is 0 Å². The summed E-state index contributed by atoms with van der Waals surface area (Å²) < 4.78 is 11.2. The molecule has 2 aromatic rings. The maximum Gasteiger partial charge on any atom is 0.251 e. The van der Waals surface area contributed by atoms with Gasteiger partial charge in [-0.15, -0.1) is 0 Å². The van der Waals surface area contributed by atoms with Gasteiger partial charge in [-0.1, -0.05) is 43.7 Å². The van der Waals surface area contributed by atoms with Crippen molar-refractivity contribution in [2.75, 3.05) is 26.8 Å². The molecule has 1 aliphatic rings. The molecule has 1 N–H and O–H groups in total. The molecule has 5 nitrogen and oxygen atoms in total. The zero-order valence-corrected chi connectivity index (χ0v) is 16.8. The van der Waals surface area contributed by atoms with E-state index in [1.807, 2.05) is 12.1 Å². The number of carbonyl (C=O) groups excluding carboxylic acids is 1. The first-order chi connectivity index (χ1) is 13.7. The van der Waals surface area contributed by atoms with Crippen molar-refractivity contribution in [2.24, 2.45) is 0 Å². The third-order valence-electron chi connectivity index (χ3n) is 5.04. The maximum atomic E-state index is 12.7. The van der Waals surface area contributed by atoms with Crippen LogP contribution in [0.2, 0.25) is 0 Å². The third-order valence-corrected chi connectivity index (χ3v) is 5.04. The molecule has 0 saturated carbocycles. The monoisotopic (exact) mass is 382 g/mol. The zero-order chi connectivity index (χ0) is 19.8. The lowest BCUT2D eigenvalue weighted by atomic mass is 10.1. The summed E-state index contributed by atoms with van der Waals surface area (Å²) in [6, 6.07) is 16.0. The van der Waals surface area contributed by atoms with Crippen molar-refractivity contribution in [1.82, 2.24) is 10.2 Å². The van der Waals surface area contributed by atoms with Gasteiger partial charge in [0.2, 0.25) is 0 Å². The van der Waals surface area contributed by atoms with Gasteiger partial charge in [0, 0.05) is 31.2 Å². The number of hydrogen-bond donors (Lipinski definition) is 1. The first kappa shape index (κ1) is 20.2. The fourth-order valence-electron chi connectivity index (χ4n) is 3.46. The molecule has 1 aliphatic heterocycles. The Kier molecular flexibility index (Phi) is 7.31. The highest BCUT2D eigenvalue weighted by Gasteiger charge is 2.24. The minimum Gasteiger partial charge on any atom is -0.493 e. The Morgan fingerprint density at radius 1 is 1.18 bits per heavy atom. The summed E-state index contributed by atoms with van der Waals surface area (Å²) in [7, 11) is 1.60. The van der Waals surface area contributed by atoms with Crippen LogP contribution in [0, 0.1) is 0 Å². The molecule has 0 spiro atoms. The molecule has 5 heteroatoms. The molecule has 1 unspecified atom stereocenters. The van der Waals surface area contributed by atoms with Gasteiger partial charge < -0.3 is 14.8 Å². The smallest absolute Gasteiger partial charge is 0.251 e. The van der Waals surface area contributed by atoms with Gasteiger partial charge in [-0.3, -0.25) is 9.69 Å². The second kappa shape index (κ2) is 10.1. The molecule has 0 bridgehead atoms. The number of likely N-dealkylation sites (tertiary alicyclic amines) is 1. The number of hydrogen-bond acceptors (Lipinski definition) is 4. The molecule has 0 aromatic heterocycles. The Labute approximate surface area is 167 Å². The predicted octanol–water partition coefficient (Wildman–Crippen LogP) is 3.88. The van der Waals surface area contributed by atoms with E-state index in [-0.39, 0.29) is 11.9 Å². The number of carbonyl (C=O) groups is 1. The van der Waals surface area contributed by atoms with Crippen LogP contribution in [0.1, 0.15) is 42.1 Å². The largest absolute Gasteiger partial charge is 0.493 e. The van der Waals surface area contributed by atoms with Crippen LogP contribution in [0.3, 0.4) is 0 Å². The summed E-state index contributed by atoms with van der Waals surface area (Å²) in [6.07, 6.45) is 3.03. The Morgan fingerprint density at radius 3 is 2.75 bits per heavy atom. The molecule has 0 radical (unpaired) electrons. The van der Waals surface area contributed by atoms with E-state index in [1.54, 1.807) is 19.2 Å². The van der Waals surface area contributed by atoms with Gasteiger partial charge >= 0.3 is 0 Å². The van der Waals surface area contributed by atoms with Crippen molar-refractivity contribution < 1.29 is 14.3 Å². The molecule has 3 rings (SSSR count). The Morgan fingerprint density at radius 2 is 2.00 bits per heavy atom. The molecule has 1 heterocycles. The quantitative estimate of drug-likeness (QED) is 0.669. The number of nitrogens with zero attached hydrogens (tertiary/aromatic N) is 1. The standard InChI is InChI=1S/C23H30N2O3/c1-3-4-14-28-21-11-10-19(15-22(21)27-2)23(26)24-20-12-13-25(17-20)16-18-8-6-5-7-9-18/h5-11,15,20H,3-4,12-14,16-17H2,1-2H3,(H,24,26). The van der Waals surface area contributed by atoms with Crippen molar-refractivity contribution in [3.63, 3.8) is 0 Å². The van der Waals surface area contributed by atoms with Crippen LogP contribution in [0.5, 0.6) is 11.5 Å². The van der Waals surface area contributed by atoms with E-state index >= 15 is 0 Å². The number of benzene rings is 2. The van der Waals surface area contributed by atoms with Gasteiger partial charge in [0.05, 0.1) is 13.7 Å². The Bertz CT molecular complexity index is 764. The molecule has 1 amide bonds. The van der Waals surface area contributed by atoms with E-state index in [0.29, 0.717) is 23.7 Å². The van der Waals surface area contributed by atoms with Crippen LogP contribution >= 0.6 is 0 Å². The normalized spacial score (nSPS) is 16.7. The Balaban J connectivity index is 1.54. The second-order valence-electron chi connectivity index (χ2n) is 7.25. The third kappa shape index (κ3) is 5.49. The van der Waals surface area contributed by atoms with Gasteiger partial charge in [-0.25, -0.2) is 0 Å². The molecule has 0 aliphatic carbocycles. The lowest BCUT2D eigenvalue weighted by molar-refractivity contribution is 0.0937. The molecule has 1 saturated heterocycles. The molecular weight excluding hydrogens is 352 g/mol. The van der Waals surface area contributed by atoms with Crippen LogP contribution in [0.4, 0.5) is 0 Å². The lowest BCUT2D eigenvalue weighted by Crippen LogP contribution is -2.37. The maximum absolute atomic E-state index is 12.7. The average molecular weight is 383 g/mol. The summed E-state index contributed by atoms with van der Waals surface area (Å²) in [5.74, 6) is 1.22. The minimum absolute atomic E-state index is 0.0648. The molecule has 150 valence electrons. The van der Waals surface area contributed by atoms with E-state index in [2.05, 4.69) is 41.4 Å². The summed E-state index contributed by atoms with van der Waals surface area (Å²) in [4.78, 5) is 15.1. The number of amides is 1. The number of methoxy groups -OCH3 is 1. The van der Waals surface area contributed by atoms with Crippen LogP contribution < -0.4 is 14.8 Å². The van der Waals surface area contributed by atoms with Gasteiger partial charge in [0.1, 0.15) is 0 Å². The summed E-state index contributed by atoms with van der Waals surface area (Å²) >= 11 is 0. The predicted molar refractivity (Wildman–Crippen MR) is 111 cm³/mol. The van der Waals surface area contributed by atoms with Crippen LogP contribution in [-0.4, -0.2) is 43.7 Å². The van der Waals surface area contributed by atoms with Crippen LogP contribution in [-0.2, 0) is 6.54 Å². The minimum atomic E-state index is -0.0648. The van der Waals surface area contributed by atoms with Crippen molar-refractivity contribution in [2.45, 2.75) is 38.8 Å². The number of unbranched alkanes of at least 4 members (excludes halogenated alkanes) is 1. The lowest BCUT2D eigenvalue weighted by Gasteiger charge is -2.17. The topological polar surface area (TPSA) is 50.8 Å². The summed E-state index contributed by atoms with van der Waals surface area (Å²) in [5.41, 5.74) is 1.90. The van der Waals surface area contributed by atoms with E-state index in [9.17, 15) is 4.79 Å². The van der Waals surface area contributed by atoms with Gasteiger partial charge in [-0.2, -0.15) is 0 Å². The summed E-state index contributed by atoms with van der Waals surface area (Å²) in [6.45, 7) is 5.56. The van der Waals surface area contributed by atoms with Gasteiger partial charge in [-0.05, 0) is 36.6 Å². The van der Waals surface area contributed by atoms with Crippen molar-refractivity contribution >= 4 is 5.91 Å². The average Bonchev–Trinajstić information content (AvgIpc) is 3.15. The van der Waals surface area contributed by atoms with E-state index in [0.717, 1.165) is 38.9 Å². The van der Waals surface area contributed by atoms with Gasteiger partial charge in [0.15, 0.2) is 11.5 Å². The zero-order valence-electron chi connectivity index (χ0n) is 16.8. The van der Waals surface area contributed by atoms with E-state index in [1.165, 1.54) is 5.56 Å². The molecule has 1 atom stereocenters. The number of nitrogens with one attached hydrogen (secondary N) is 1. The van der Waals surface area contributed by atoms with Crippen molar-refractivity contribution in [3.8, 4) is 11.5 Å². The fourth-order valence-corrected chi connectivity index (χ4v) is 3.46.